The molecular formula is C28H34N4O6S. The third-order valence-corrected chi connectivity index (χ3v) is 9.05. The summed E-state index contributed by atoms with van der Waals surface area (Å²) >= 11 is 0. The van der Waals surface area contributed by atoms with Crippen molar-refractivity contribution in [3.05, 3.63) is 64.8 Å². The van der Waals surface area contributed by atoms with E-state index in [9.17, 15) is 22.8 Å². The van der Waals surface area contributed by atoms with Crippen LogP contribution in [0.4, 0.5) is 5.69 Å². The molecule has 3 N–H and O–H groups in total. The molecule has 1 unspecified atom stereocenters. The zero-order valence-corrected chi connectivity index (χ0v) is 23.2. The van der Waals surface area contributed by atoms with Gasteiger partial charge in [-0.15, -0.1) is 0 Å². The molecular weight excluding hydrogens is 520 g/mol. The minimum atomic E-state index is -3.29. The van der Waals surface area contributed by atoms with E-state index in [1.54, 1.807) is 32.2 Å². The van der Waals surface area contributed by atoms with Gasteiger partial charge in [0.1, 0.15) is 6.04 Å². The van der Waals surface area contributed by atoms with Crippen molar-refractivity contribution in [1.29, 1.82) is 0 Å². The molecule has 2 amide bonds. The lowest BCUT2D eigenvalue weighted by atomic mass is 10.0. The average Bonchev–Trinajstić information content (AvgIpc) is 3.41. The SMILES string of the molecule is CNC(=O)c1ccc2c(C)cn(C(C)C(=O)Nc3cc(CN4CCCS4(=O)=O)ccc3CCCC(=O)O)c2c1. The Morgan fingerprint density at radius 3 is 2.56 bits per heavy atom. The number of benzene rings is 2. The van der Waals surface area contributed by atoms with Crippen molar-refractivity contribution in [2.45, 2.75) is 52.1 Å². The third kappa shape index (κ3) is 6.31. The first kappa shape index (κ1) is 28.3. The van der Waals surface area contributed by atoms with Gasteiger partial charge in [0.05, 0.1) is 5.75 Å². The summed E-state index contributed by atoms with van der Waals surface area (Å²) in [7, 11) is -1.72. The van der Waals surface area contributed by atoms with E-state index in [0.717, 1.165) is 27.6 Å². The minimum absolute atomic E-state index is 0.000133. The molecule has 0 bridgehead atoms. The zero-order chi connectivity index (χ0) is 28.3. The number of carboxylic acid groups (broad SMARTS) is 1. The Morgan fingerprint density at radius 1 is 1.13 bits per heavy atom. The van der Waals surface area contributed by atoms with Crippen LogP contribution in [0.5, 0.6) is 0 Å². The first-order valence-corrected chi connectivity index (χ1v) is 14.6. The number of carbonyl (C=O) groups excluding carboxylic acids is 2. The van der Waals surface area contributed by atoms with Gasteiger partial charge in [0.25, 0.3) is 5.91 Å². The molecule has 1 fully saturated rings. The standard InChI is InChI=1S/C28H34N4O6S/c1-18-16-32(25-15-22(28(36)29-3)10-11-23(18)25)19(2)27(35)30-24-14-20(17-31-12-5-13-39(31,37)38)8-9-21(24)6-4-7-26(33)34/h8-11,14-16,19H,4-7,12-13,17H2,1-3H3,(H,29,36)(H,30,35)(H,33,34). The summed E-state index contributed by atoms with van der Waals surface area (Å²) in [5, 5.41) is 15.6. The molecule has 1 aliphatic rings. The highest BCUT2D eigenvalue weighted by Gasteiger charge is 2.28. The summed E-state index contributed by atoms with van der Waals surface area (Å²) in [6, 6.07) is 10.2. The van der Waals surface area contributed by atoms with Crippen molar-refractivity contribution in [3.8, 4) is 0 Å². The van der Waals surface area contributed by atoms with Gasteiger partial charge in [-0.05, 0) is 68.0 Å². The van der Waals surface area contributed by atoms with Gasteiger partial charge in [-0.1, -0.05) is 18.2 Å². The molecule has 11 heteroatoms. The maximum Gasteiger partial charge on any atom is 0.303 e. The summed E-state index contributed by atoms with van der Waals surface area (Å²) in [6.45, 7) is 4.38. The predicted octanol–water partition coefficient (Wildman–Crippen LogP) is 3.45. The zero-order valence-electron chi connectivity index (χ0n) is 22.4. The topological polar surface area (TPSA) is 138 Å². The van der Waals surface area contributed by atoms with Crippen molar-refractivity contribution in [1.82, 2.24) is 14.2 Å². The molecule has 1 atom stereocenters. The Hall–Kier alpha value is -3.70. The lowest BCUT2D eigenvalue weighted by molar-refractivity contribution is -0.137. The lowest BCUT2D eigenvalue weighted by Crippen LogP contribution is -2.26. The first-order valence-electron chi connectivity index (χ1n) is 13.0. The fourth-order valence-electron chi connectivity index (χ4n) is 4.95. The van der Waals surface area contributed by atoms with Crippen LogP contribution in [0.15, 0.2) is 42.6 Å². The molecule has 1 saturated heterocycles. The molecule has 10 nitrogen and oxygen atoms in total. The van der Waals surface area contributed by atoms with E-state index in [2.05, 4.69) is 10.6 Å². The molecule has 3 aromatic rings. The maximum atomic E-state index is 13.5. The van der Waals surface area contributed by atoms with Gasteiger partial charge in [0, 0.05) is 54.9 Å². The van der Waals surface area contributed by atoms with Gasteiger partial charge in [-0.3, -0.25) is 14.4 Å². The largest absolute Gasteiger partial charge is 0.481 e. The first-order chi connectivity index (χ1) is 18.5. The van der Waals surface area contributed by atoms with Gasteiger partial charge >= 0.3 is 5.97 Å². The van der Waals surface area contributed by atoms with Crippen molar-refractivity contribution in [2.75, 3.05) is 24.7 Å². The van der Waals surface area contributed by atoms with Gasteiger partial charge in [-0.2, -0.15) is 4.31 Å². The molecule has 0 saturated carbocycles. The minimum Gasteiger partial charge on any atom is -0.481 e. The number of anilines is 1. The number of fused-ring (bicyclic) bond motifs is 1. The number of nitrogens with one attached hydrogen (secondary N) is 2. The Kier molecular flexibility index (Phi) is 8.41. The Labute approximate surface area is 228 Å². The van der Waals surface area contributed by atoms with Gasteiger partial charge in [0.15, 0.2) is 0 Å². The number of aromatic nitrogens is 1. The summed E-state index contributed by atoms with van der Waals surface area (Å²) in [4.78, 5) is 36.8. The van der Waals surface area contributed by atoms with Crippen LogP contribution < -0.4 is 10.6 Å². The molecule has 2 heterocycles. The smallest absolute Gasteiger partial charge is 0.303 e. The number of amides is 2. The van der Waals surface area contributed by atoms with Crippen LogP contribution >= 0.6 is 0 Å². The monoisotopic (exact) mass is 554 g/mol. The van der Waals surface area contributed by atoms with Crippen LogP contribution in [-0.4, -0.2) is 59.5 Å². The molecule has 1 aromatic heterocycles. The third-order valence-electron chi connectivity index (χ3n) is 7.15. The fraction of sp³-hybridized carbons (Fsp3) is 0.393. The van der Waals surface area contributed by atoms with E-state index in [4.69, 9.17) is 5.11 Å². The molecule has 39 heavy (non-hydrogen) atoms. The fourth-order valence-corrected chi connectivity index (χ4v) is 6.46. The number of hydrogen-bond donors (Lipinski definition) is 3. The van der Waals surface area contributed by atoms with Crippen LogP contribution in [0, 0.1) is 6.92 Å². The summed E-state index contributed by atoms with van der Waals surface area (Å²) in [6.07, 6.45) is 3.31. The number of hydrogen-bond acceptors (Lipinski definition) is 5. The van der Waals surface area contributed by atoms with E-state index in [1.165, 1.54) is 4.31 Å². The van der Waals surface area contributed by atoms with E-state index in [-0.39, 0.29) is 30.5 Å². The van der Waals surface area contributed by atoms with Gasteiger partial charge < -0.3 is 20.3 Å². The summed E-state index contributed by atoms with van der Waals surface area (Å²) in [5.41, 5.74) is 4.26. The summed E-state index contributed by atoms with van der Waals surface area (Å²) in [5.74, 6) is -1.27. The molecule has 4 rings (SSSR count). The van der Waals surface area contributed by atoms with E-state index in [0.29, 0.717) is 37.1 Å². The number of carboxylic acids is 1. The molecule has 1 aliphatic heterocycles. The molecule has 0 radical (unpaired) electrons. The van der Waals surface area contributed by atoms with Crippen LogP contribution in [0.25, 0.3) is 10.9 Å². The summed E-state index contributed by atoms with van der Waals surface area (Å²) < 4.78 is 27.9. The quantitative estimate of drug-likeness (QED) is 0.351. The van der Waals surface area contributed by atoms with Crippen molar-refractivity contribution < 1.29 is 27.9 Å². The van der Waals surface area contributed by atoms with Crippen LogP contribution in [-0.2, 0) is 32.6 Å². The Bertz CT molecular complexity index is 1530. The number of rotatable bonds is 10. The highest BCUT2D eigenvalue weighted by Crippen LogP contribution is 2.28. The molecule has 0 aliphatic carbocycles. The average molecular weight is 555 g/mol. The number of carbonyl (C=O) groups is 3. The van der Waals surface area contributed by atoms with Gasteiger partial charge in [0.2, 0.25) is 15.9 Å². The normalized spacial score (nSPS) is 15.8. The predicted molar refractivity (Wildman–Crippen MR) is 149 cm³/mol. The second-order valence-electron chi connectivity index (χ2n) is 9.94. The van der Waals surface area contributed by atoms with Crippen molar-refractivity contribution >= 4 is 44.4 Å². The van der Waals surface area contributed by atoms with Crippen molar-refractivity contribution in [3.63, 3.8) is 0 Å². The number of sulfonamides is 1. The van der Waals surface area contributed by atoms with E-state index < -0.39 is 22.0 Å². The number of nitrogens with zero attached hydrogens (tertiary/aromatic N) is 2. The highest BCUT2D eigenvalue weighted by molar-refractivity contribution is 7.89. The van der Waals surface area contributed by atoms with E-state index in [1.807, 2.05) is 35.9 Å². The second-order valence-corrected chi connectivity index (χ2v) is 12.0. The molecule has 0 spiro atoms. The number of aliphatic carboxylic acids is 1. The number of aryl methyl sites for hydroxylation is 2. The Morgan fingerprint density at radius 2 is 1.90 bits per heavy atom. The van der Waals surface area contributed by atoms with Crippen LogP contribution in [0.1, 0.15) is 59.3 Å². The van der Waals surface area contributed by atoms with Gasteiger partial charge in [-0.25, -0.2) is 8.42 Å². The molecule has 208 valence electrons. The maximum absolute atomic E-state index is 13.5. The van der Waals surface area contributed by atoms with E-state index >= 15 is 0 Å². The Balaban J connectivity index is 1.62. The van der Waals surface area contributed by atoms with Crippen LogP contribution in [0.3, 0.4) is 0 Å². The second kappa shape index (κ2) is 11.6. The molecule has 2 aromatic carbocycles. The highest BCUT2D eigenvalue weighted by atomic mass is 32.2. The van der Waals surface area contributed by atoms with Crippen molar-refractivity contribution in [2.24, 2.45) is 0 Å². The lowest BCUT2D eigenvalue weighted by Gasteiger charge is -2.20. The van der Waals surface area contributed by atoms with Crippen LogP contribution in [0.2, 0.25) is 0 Å².